The highest BCUT2D eigenvalue weighted by Gasteiger charge is 2.41. The van der Waals surface area contributed by atoms with Gasteiger partial charge in [-0.3, -0.25) is 13.9 Å². The first kappa shape index (κ1) is 15.7. The molecule has 1 saturated carbocycles. The Morgan fingerprint density at radius 2 is 2.19 bits per heavy atom. The number of para-hydroxylation sites is 1. The molecule has 3 aromatic heterocycles. The highest BCUT2D eigenvalue weighted by Crippen LogP contribution is 2.49. The van der Waals surface area contributed by atoms with Crippen LogP contribution in [0.25, 0.3) is 15.9 Å². The van der Waals surface area contributed by atoms with Gasteiger partial charge < -0.3 is 5.11 Å². The van der Waals surface area contributed by atoms with E-state index in [-0.39, 0.29) is 24.0 Å². The fourth-order valence-corrected chi connectivity index (χ4v) is 4.80. The zero-order valence-electron chi connectivity index (χ0n) is 14.3. The molecule has 7 heteroatoms. The molecule has 26 heavy (non-hydrogen) atoms. The van der Waals surface area contributed by atoms with Crippen LogP contribution < -0.4 is 5.56 Å². The predicted octanol–water partition coefficient (Wildman–Crippen LogP) is 2.56. The van der Waals surface area contributed by atoms with Gasteiger partial charge in [-0.15, -0.1) is 11.3 Å². The first-order chi connectivity index (χ1) is 12.7. The van der Waals surface area contributed by atoms with Crippen molar-refractivity contribution in [2.45, 2.75) is 25.8 Å². The van der Waals surface area contributed by atoms with Gasteiger partial charge >= 0.3 is 0 Å². The van der Waals surface area contributed by atoms with Crippen molar-refractivity contribution in [3.63, 3.8) is 0 Å². The Kier molecular flexibility index (Phi) is 3.48. The van der Waals surface area contributed by atoms with Crippen LogP contribution in [0.1, 0.15) is 28.6 Å². The largest absolute Gasteiger partial charge is 0.396 e. The van der Waals surface area contributed by atoms with Crippen LogP contribution in [0, 0.1) is 12.8 Å². The average Bonchev–Trinajstić information content (AvgIpc) is 3.18. The van der Waals surface area contributed by atoms with Crippen molar-refractivity contribution in [3.05, 3.63) is 63.1 Å². The number of hydrogen-bond donors (Lipinski definition) is 1. The van der Waals surface area contributed by atoms with Crippen LogP contribution >= 0.6 is 11.3 Å². The Bertz CT molecular complexity index is 1190. The first-order valence-corrected chi connectivity index (χ1v) is 9.50. The Morgan fingerprint density at radius 3 is 3.00 bits per heavy atom. The van der Waals surface area contributed by atoms with Crippen LogP contribution in [0.2, 0.25) is 0 Å². The van der Waals surface area contributed by atoms with Gasteiger partial charge in [0.05, 0.1) is 24.0 Å². The van der Waals surface area contributed by atoms with Crippen LogP contribution in [0.15, 0.2) is 41.3 Å². The molecule has 5 rings (SSSR count). The average molecular weight is 366 g/mol. The minimum atomic E-state index is -0.0515. The lowest BCUT2D eigenvalue weighted by molar-refractivity contribution is 0.273. The molecule has 0 amide bonds. The molecule has 0 bridgehead atoms. The minimum Gasteiger partial charge on any atom is -0.396 e. The number of benzene rings is 1. The smallest absolute Gasteiger partial charge is 0.259 e. The molecule has 1 aliphatic rings. The summed E-state index contributed by atoms with van der Waals surface area (Å²) in [6.07, 6.45) is 2.77. The fourth-order valence-electron chi connectivity index (χ4n) is 3.74. The van der Waals surface area contributed by atoms with Crippen LogP contribution in [-0.4, -0.2) is 30.9 Å². The second-order valence-electron chi connectivity index (χ2n) is 6.89. The summed E-state index contributed by atoms with van der Waals surface area (Å²) in [5.74, 6) is 0.544. The molecule has 1 N–H and O–H groups in total. The minimum absolute atomic E-state index is 0.0515. The molecule has 2 unspecified atom stereocenters. The third-order valence-corrected chi connectivity index (χ3v) is 6.13. The van der Waals surface area contributed by atoms with Crippen LogP contribution in [0.5, 0.6) is 0 Å². The quantitative estimate of drug-likeness (QED) is 0.602. The molecular weight excluding hydrogens is 348 g/mol. The number of aromatic nitrogens is 4. The molecule has 0 aliphatic heterocycles. The number of rotatable bonds is 4. The summed E-state index contributed by atoms with van der Waals surface area (Å²) in [7, 11) is 0. The van der Waals surface area contributed by atoms with Gasteiger partial charge in [0, 0.05) is 34.5 Å². The molecule has 0 saturated heterocycles. The Balaban J connectivity index is 1.57. The fraction of sp³-hybridized carbons (Fsp3) is 0.316. The number of hydrogen-bond acceptors (Lipinski definition) is 5. The van der Waals surface area contributed by atoms with E-state index in [1.807, 2.05) is 42.1 Å². The van der Waals surface area contributed by atoms with E-state index in [2.05, 4.69) is 5.10 Å². The Hall–Kier alpha value is -2.51. The number of aryl methyl sites for hydroxylation is 1. The van der Waals surface area contributed by atoms with E-state index in [9.17, 15) is 9.90 Å². The molecule has 2 atom stereocenters. The van der Waals surface area contributed by atoms with Crippen molar-refractivity contribution in [2.24, 2.45) is 5.92 Å². The van der Waals surface area contributed by atoms with Crippen LogP contribution in [-0.2, 0) is 6.54 Å². The summed E-state index contributed by atoms with van der Waals surface area (Å²) in [4.78, 5) is 19.3. The highest BCUT2D eigenvalue weighted by atomic mass is 32.1. The first-order valence-electron chi connectivity index (χ1n) is 8.69. The maximum absolute atomic E-state index is 12.8. The lowest BCUT2D eigenvalue weighted by Crippen LogP contribution is -2.18. The lowest BCUT2D eigenvalue weighted by atomic mass is 10.2. The van der Waals surface area contributed by atoms with Gasteiger partial charge in [0.1, 0.15) is 0 Å². The molecular formula is C19H18N4O2S. The topological polar surface area (TPSA) is 72.4 Å². The molecule has 0 spiro atoms. The Labute approximate surface area is 153 Å². The molecule has 1 fully saturated rings. The van der Waals surface area contributed by atoms with Gasteiger partial charge in [0.15, 0.2) is 4.96 Å². The molecule has 132 valence electrons. The van der Waals surface area contributed by atoms with E-state index in [0.717, 1.165) is 32.9 Å². The number of fused-ring (bicyclic) bond motifs is 2. The monoisotopic (exact) mass is 366 g/mol. The van der Waals surface area contributed by atoms with Gasteiger partial charge in [0.25, 0.3) is 5.56 Å². The van der Waals surface area contributed by atoms with E-state index < -0.39 is 0 Å². The highest BCUT2D eigenvalue weighted by molar-refractivity contribution is 7.17. The summed E-state index contributed by atoms with van der Waals surface area (Å²) in [6.45, 7) is 2.67. The van der Waals surface area contributed by atoms with Gasteiger partial charge in [0.2, 0.25) is 0 Å². The van der Waals surface area contributed by atoms with Crippen LogP contribution in [0.4, 0.5) is 0 Å². The van der Waals surface area contributed by atoms with Crippen molar-refractivity contribution in [1.29, 1.82) is 0 Å². The van der Waals surface area contributed by atoms with Gasteiger partial charge in [-0.1, -0.05) is 18.2 Å². The van der Waals surface area contributed by atoms with Crippen molar-refractivity contribution in [1.82, 2.24) is 19.2 Å². The Morgan fingerprint density at radius 1 is 1.35 bits per heavy atom. The molecule has 0 radical (unpaired) electrons. The standard InChI is InChI=1S/C19H18N4O2S/c1-11-18(15-6-13(15)10-24)23-17(25)7-14(21-19(23)26-11)9-22-16-5-3-2-4-12(16)8-20-22/h2-5,7-8,13,15,24H,6,9-10H2,1H3. The van der Waals surface area contributed by atoms with Crippen molar-refractivity contribution < 1.29 is 5.11 Å². The van der Waals surface area contributed by atoms with Gasteiger partial charge in [-0.05, 0) is 25.3 Å². The number of aliphatic hydroxyl groups is 1. The second-order valence-corrected chi connectivity index (χ2v) is 8.07. The normalized spacial score (nSPS) is 19.5. The van der Waals surface area contributed by atoms with E-state index >= 15 is 0 Å². The zero-order valence-corrected chi connectivity index (χ0v) is 15.1. The molecule has 1 aromatic carbocycles. The van der Waals surface area contributed by atoms with Crippen LogP contribution in [0.3, 0.4) is 0 Å². The summed E-state index contributed by atoms with van der Waals surface area (Å²) >= 11 is 1.54. The van der Waals surface area contributed by atoms with E-state index in [1.165, 1.54) is 0 Å². The van der Waals surface area contributed by atoms with Crippen molar-refractivity contribution in [2.75, 3.05) is 6.61 Å². The predicted molar refractivity (Wildman–Crippen MR) is 101 cm³/mol. The van der Waals surface area contributed by atoms with E-state index in [4.69, 9.17) is 4.98 Å². The van der Waals surface area contributed by atoms with E-state index in [0.29, 0.717) is 12.2 Å². The third kappa shape index (κ3) is 2.39. The second kappa shape index (κ2) is 5.75. The maximum Gasteiger partial charge on any atom is 0.259 e. The van der Waals surface area contributed by atoms with Crippen molar-refractivity contribution in [3.8, 4) is 0 Å². The van der Waals surface area contributed by atoms with Gasteiger partial charge in [-0.25, -0.2) is 4.98 Å². The lowest BCUT2D eigenvalue weighted by Gasteiger charge is -2.05. The van der Waals surface area contributed by atoms with E-state index in [1.54, 1.807) is 21.8 Å². The molecule has 1 aliphatic carbocycles. The summed E-state index contributed by atoms with van der Waals surface area (Å²) in [5.41, 5.74) is 2.72. The van der Waals surface area contributed by atoms with Crippen molar-refractivity contribution >= 4 is 27.2 Å². The van der Waals surface area contributed by atoms with Gasteiger partial charge in [-0.2, -0.15) is 5.10 Å². The molecule has 6 nitrogen and oxygen atoms in total. The zero-order chi connectivity index (χ0) is 17.8. The summed E-state index contributed by atoms with van der Waals surface area (Å²) in [6, 6.07) is 9.61. The summed E-state index contributed by atoms with van der Waals surface area (Å²) < 4.78 is 3.60. The summed E-state index contributed by atoms with van der Waals surface area (Å²) in [5, 5.41) is 14.9. The maximum atomic E-state index is 12.8. The number of thiazole rings is 1. The SMILES string of the molecule is Cc1sc2nc(Cn3ncc4ccccc43)cc(=O)n2c1C1CC1CO. The number of nitrogens with zero attached hydrogens (tertiary/aromatic N) is 4. The third-order valence-electron chi connectivity index (χ3n) is 5.16. The number of aliphatic hydroxyl groups excluding tert-OH is 1. The molecule has 3 heterocycles. The molecule has 4 aromatic rings.